The van der Waals surface area contributed by atoms with Gasteiger partial charge >= 0.3 is 5.97 Å². The van der Waals surface area contributed by atoms with E-state index < -0.39 is 23.8 Å². The van der Waals surface area contributed by atoms with Gasteiger partial charge in [0.1, 0.15) is 5.82 Å². The lowest BCUT2D eigenvalue weighted by Gasteiger charge is -2.32. The Morgan fingerprint density at radius 1 is 1.50 bits per heavy atom. The second-order valence-electron chi connectivity index (χ2n) is 4.78. The fourth-order valence-corrected chi connectivity index (χ4v) is 2.20. The molecule has 0 saturated carbocycles. The molecular formula is C14H16FNO4. The van der Waals surface area contributed by atoms with E-state index in [9.17, 15) is 14.0 Å². The van der Waals surface area contributed by atoms with Gasteiger partial charge in [-0.1, -0.05) is 12.1 Å². The molecule has 1 aromatic rings. The molecule has 5 nitrogen and oxygen atoms in total. The number of nitrogens with zero attached hydrogens (tertiary/aromatic N) is 1. The molecule has 6 heteroatoms. The van der Waals surface area contributed by atoms with Gasteiger partial charge in [-0.25, -0.2) is 4.39 Å². The van der Waals surface area contributed by atoms with E-state index in [2.05, 4.69) is 0 Å². The Kier molecular flexibility index (Phi) is 4.34. The van der Waals surface area contributed by atoms with Crippen LogP contribution in [-0.2, 0) is 9.53 Å². The Morgan fingerprint density at radius 2 is 2.25 bits per heavy atom. The third-order valence-electron chi connectivity index (χ3n) is 3.25. The smallest absolute Gasteiger partial charge is 0.306 e. The van der Waals surface area contributed by atoms with E-state index in [1.807, 2.05) is 0 Å². The molecule has 1 unspecified atom stereocenters. The number of carboxylic acid groups (broad SMARTS) is 1. The van der Waals surface area contributed by atoms with Gasteiger partial charge in [0.25, 0.3) is 5.91 Å². The summed E-state index contributed by atoms with van der Waals surface area (Å²) in [5, 5.41) is 8.74. The quantitative estimate of drug-likeness (QED) is 0.910. The van der Waals surface area contributed by atoms with E-state index in [0.717, 1.165) is 0 Å². The van der Waals surface area contributed by atoms with E-state index in [1.54, 1.807) is 19.1 Å². The molecule has 20 heavy (non-hydrogen) atoms. The Balaban J connectivity index is 2.12. The van der Waals surface area contributed by atoms with Crippen LogP contribution in [-0.4, -0.2) is 47.7 Å². The highest BCUT2D eigenvalue weighted by Crippen LogP contribution is 2.17. The number of halogens is 1. The molecule has 2 rings (SSSR count). The van der Waals surface area contributed by atoms with Crippen LogP contribution in [0.2, 0.25) is 0 Å². The van der Waals surface area contributed by atoms with Gasteiger partial charge in [-0.3, -0.25) is 9.59 Å². The second kappa shape index (κ2) is 6.00. The zero-order chi connectivity index (χ0) is 14.7. The molecule has 1 heterocycles. The lowest BCUT2D eigenvalue weighted by atomic mass is 10.1. The molecule has 1 fully saturated rings. The Bertz CT molecular complexity index is 532. The third-order valence-corrected chi connectivity index (χ3v) is 3.25. The maximum absolute atomic E-state index is 13.9. The minimum Gasteiger partial charge on any atom is -0.481 e. The molecule has 1 aliphatic heterocycles. The highest BCUT2D eigenvalue weighted by Gasteiger charge is 2.28. The molecule has 0 spiro atoms. The first-order valence-corrected chi connectivity index (χ1v) is 6.37. The number of rotatable bonds is 3. The maximum Gasteiger partial charge on any atom is 0.306 e. The van der Waals surface area contributed by atoms with E-state index in [4.69, 9.17) is 9.84 Å². The van der Waals surface area contributed by atoms with Crippen molar-refractivity contribution in [1.29, 1.82) is 0 Å². The third kappa shape index (κ3) is 3.14. The van der Waals surface area contributed by atoms with Crippen molar-refractivity contribution in [3.8, 4) is 0 Å². The van der Waals surface area contributed by atoms with Gasteiger partial charge in [0.2, 0.25) is 0 Å². The van der Waals surface area contributed by atoms with Crippen molar-refractivity contribution in [2.45, 2.75) is 19.4 Å². The Labute approximate surface area is 116 Å². The number of benzene rings is 1. The van der Waals surface area contributed by atoms with E-state index in [-0.39, 0.29) is 25.1 Å². The lowest BCUT2D eigenvalue weighted by molar-refractivity contribution is -0.141. The molecule has 1 aromatic carbocycles. The van der Waals surface area contributed by atoms with Crippen LogP contribution in [0.3, 0.4) is 0 Å². The number of hydrogen-bond acceptors (Lipinski definition) is 3. The van der Waals surface area contributed by atoms with Gasteiger partial charge in [-0.2, -0.15) is 0 Å². The predicted octanol–water partition coefficient (Wildman–Crippen LogP) is 1.45. The molecule has 1 amide bonds. The fourth-order valence-electron chi connectivity index (χ4n) is 2.20. The first kappa shape index (κ1) is 14.5. The molecule has 0 aromatic heterocycles. The summed E-state index contributed by atoms with van der Waals surface area (Å²) in [4.78, 5) is 24.4. The van der Waals surface area contributed by atoms with Crippen LogP contribution in [0.25, 0.3) is 0 Å². The van der Waals surface area contributed by atoms with E-state index >= 15 is 0 Å². The van der Waals surface area contributed by atoms with Gasteiger partial charge in [0, 0.05) is 13.1 Å². The summed E-state index contributed by atoms with van der Waals surface area (Å²) < 4.78 is 19.2. The normalized spacial score (nSPS) is 18.9. The number of carboxylic acids is 1. The number of amides is 1. The number of ether oxygens (including phenoxy) is 1. The largest absolute Gasteiger partial charge is 0.481 e. The Hall–Kier alpha value is -1.95. The number of carbonyl (C=O) groups is 2. The van der Waals surface area contributed by atoms with Crippen molar-refractivity contribution in [1.82, 2.24) is 4.90 Å². The number of aryl methyl sites for hydroxylation is 1. The van der Waals surface area contributed by atoms with Crippen LogP contribution >= 0.6 is 0 Å². The molecular weight excluding hydrogens is 265 g/mol. The summed E-state index contributed by atoms with van der Waals surface area (Å²) in [7, 11) is 0. The SMILES string of the molecule is Cc1cccc(C(=O)N2CCOC(CC(=O)O)C2)c1F. The highest BCUT2D eigenvalue weighted by molar-refractivity contribution is 5.94. The topological polar surface area (TPSA) is 66.8 Å². The Morgan fingerprint density at radius 3 is 2.95 bits per heavy atom. The van der Waals surface area contributed by atoms with Crippen molar-refractivity contribution in [3.63, 3.8) is 0 Å². The van der Waals surface area contributed by atoms with E-state index in [1.165, 1.54) is 11.0 Å². The van der Waals surface area contributed by atoms with Crippen LogP contribution in [0.15, 0.2) is 18.2 Å². The molecule has 1 atom stereocenters. The fraction of sp³-hybridized carbons (Fsp3) is 0.429. The number of hydrogen-bond donors (Lipinski definition) is 1. The van der Waals surface area contributed by atoms with Crippen LogP contribution in [0.1, 0.15) is 22.3 Å². The lowest BCUT2D eigenvalue weighted by Crippen LogP contribution is -2.46. The average molecular weight is 281 g/mol. The maximum atomic E-state index is 13.9. The standard InChI is InChI=1S/C14H16FNO4/c1-9-3-2-4-11(13(9)15)14(19)16-5-6-20-10(8-16)7-12(17)18/h2-4,10H,5-8H2,1H3,(H,17,18). The monoisotopic (exact) mass is 281 g/mol. The van der Waals surface area contributed by atoms with E-state index in [0.29, 0.717) is 12.1 Å². The molecule has 1 aliphatic rings. The molecule has 108 valence electrons. The second-order valence-corrected chi connectivity index (χ2v) is 4.78. The summed E-state index contributed by atoms with van der Waals surface area (Å²) in [6.07, 6.45) is -0.710. The van der Waals surface area contributed by atoms with Gasteiger partial charge in [0.05, 0.1) is 24.7 Å². The number of morpholine rings is 1. The molecule has 0 bridgehead atoms. The molecule has 0 aliphatic carbocycles. The summed E-state index contributed by atoms with van der Waals surface area (Å²) in [5.41, 5.74) is 0.423. The number of carbonyl (C=O) groups excluding carboxylic acids is 1. The first-order valence-electron chi connectivity index (χ1n) is 6.37. The molecule has 1 saturated heterocycles. The van der Waals surface area contributed by atoms with Gasteiger partial charge in [-0.15, -0.1) is 0 Å². The zero-order valence-electron chi connectivity index (χ0n) is 11.1. The van der Waals surface area contributed by atoms with Crippen molar-refractivity contribution >= 4 is 11.9 Å². The summed E-state index contributed by atoms with van der Waals surface area (Å²) >= 11 is 0. The van der Waals surface area contributed by atoms with Crippen LogP contribution < -0.4 is 0 Å². The predicted molar refractivity (Wildman–Crippen MR) is 69.0 cm³/mol. The van der Waals surface area contributed by atoms with Crippen LogP contribution in [0.4, 0.5) is 4.39 Å². The average Bonchev–Trinajstić information content (AvgIpc) is 2.41. The van der Waals surface area contributed by atoms with Crippen molar-refractivity contribution < 1.29 is 23.8 Å². The molecule has 1 N–H and O–H groups in total. The van der Waals surface area contributed by atoms with Gasteiger partial charge < -0.3 is 14.7 Å². The van der Waals surface area contributed by atoms with Gasteiger partial charge in [-0.05, 0) is 18.6 Å². The van der Waals surface area contributed by atoms with Crippen LogP contribution in [0, 0.1) is 12.7 Å². The van der Waals surface area contributed by atoms with Crippen LogP contribution in [0.5, 0.6) is 0 Å². The van der Waals surface area contributed by atoms with Crippen molar-refractivity contribution in [3.05, 3.63) is 35.1 Å². The van der Waals surface area contributed by atoms with Crippen molar-refractivity contribution in [2.24, 2.45) is 0 Å². The zero-order valence-corrected chi connectivity index (χ0v) is 11.1. The minimum absolute atomic E-state index is 0.0148. The summed E-state index contributed by atoms with van der Waals surface area (Å²) in [6, 6.07) is 4.66. The van der Waals surface area contributed by atoms with Gasteiger partial charge in [0.15, 0.2) is 0 Å². The first-order chi connectivity index (χ1) is 9.49. The summed E-state index contributed by atoms with van der Waals surface area (Å²) in [6.45, 7) is 2.36. The minimum atomic E-state index is -0.981. The summed E-state index contributed by atoms with van der Waals surface area (Å²) in [5.74, 6) is -1.94. The molecule has 0 radical (unpaired) electrons. The highest BCUT2D eigenvalue weighted by atomic mass is 19.1. The number of aliphatic carboxylic acids is 1. The van der Waals surface area contributed by atoms with Crippen molar-refractivity contribution in [2.75, 3.05) is 19.7 Å².